The fourth-order valence-electron chi connectivity index (χ4n) is 0.711. The molecule has 19 heteroatoms. The topological polar surface area (TPSA) is 106 Å². The zero-order valence-electron chi connectivity index (χ0n) is 9.73. The molecular formula is C4H2F9NO6S3. The third-order valence-electron chi connectivity index (χ3n) is 1.75. The van der Waals surface area contributed by atoms with Gasteiger partial charge < -0.3 is 0 Å². The van der Waals surface area contributed by atoms with Crippen LogP contribution < -0.4 is 0 Å². The number of halogens is 9. The minimum Gasteiger partial charge on any atom is -0.218 e. The maximum absolute atomic E-state index is 12.1. The molecule has 140 valence electrons. The summed E-state index contributed by atoms with van der Waals surface area (Å²) in [4.78, 5) is 0. The Bertz CT molecular complexity index is 710. The van der Waals surface area contributed by atoms with Crippen molar-refractivity contribution in [3.8, 4) is 0 Å². The highest BCUT2D eigenvalue weighted by atomic mass is 32.3. The molecule has 0 N–H and O–H groups in total. The number of sulfone groups is 1. The van der Waals surface area contributed by atoms with E-state index in [1.807, 2.05) is 0 Å². The Labute approximate surface area is 121 Å². The maximum atomic E-state index is 12.1. The van der Waals surface area contributed by atoms with Crippen LogP contribution in [0.2, 0.25) is 0 Å². The Morgan fingerprint density at radius 2 is 0.826 bits per heavy atom. The van der Waals surface area contributed by atoms with Crippen LogP contribution in [0.1, 0.15) is 0 Å². The lowest BCUT2D eigenvalue weighted by atomic mass is 11.5. The van der Waals surface area contributed by atoms with E-state index in [1.54, 1.807) is 0 Å². The van der Waals surface area contributed by atoms with Crippen LogP contribution in [-0.4, -0.2) is 51.4 Å². The molecule has 0 aliphatic carbocycles. The highest BCUT2D eigenvalue weighted by molar-refractivity contribution is 8.06. The zero-order valence-corrected chi connectivity index (χ0v) is 12.2. The van der Waals surface area contributed by atoms with Crippen molar-refractivity contribution in [2.45, 2.75) is 16.5 Å². The predicted octanol–water partition coefficient (Wildman–Crippen LogP) is 0.880. The Balaban J connectivity index is 6.55. The first-order valence-electron chi connectivity index (χ1n) is 4.28. The molecule has 0 unspecified atom stereocenters. The molecular weight excluding hydrogens is 425 g/mol. The van der Waals surface area contributed by atoms with E-state index < -0.39 is 56.0 Å². The smallest absolute Gasteiger partial charge is 0.218 e. The van der Waals surface area contributed by atoms with E-state index in [0.717, 1.165) is 0 Å². The van der Waals surface area contributed by atoms with Gasteiger partial charge in [0.25, 0.3) is 9.84 Å². The fraction of sp³-hybridized carbons (Fsp3) is 1.00. The van der Waals surface area contributed by atoms with Crippen molar-refractivity contribution in [3.05, 3.63) is 0 Å². The Hall–Kier alpha value is -0.820. The van der Waals surface area contributed by atoms with E-state index in [0.29, 0.717) is 0 Å². The molecule has 0 rings (SSSR count). The van der Waals surface area contributed by atoms with Crippen LogP contribution in [-0.2, 0) is 29.9 Å². The molecule has 0 fully saturated rings. The summed E-state index contributed by atoms with van der Waals surface area (Å²) in [7, 11) is -22.3. The van der Waals surface area contributed by atoms with Crippen LogP contribution in [0.15, 0.2) is 0 Å². The minimum atomic E-state index is -7.63. The molecule has 0 radical (unpaired) electrons. The van der Waals surface area contributed by atoms with Crippen molar-refractivity contribution in [1.82, 2.24) is 3.71 Å². The van der Waals surface area contributed by atoms with Crippen LogP contribution in [0.3, 0.4) is 0 Å². The van der Waals surface area contributed by atoms with Crippen LogP contribution >= 0.6 is 0 Å². The van der Waals surface area contributed by atoms with Crippen molar-refractivity contribution < 1.29 is 64.8 Å². The molecule has 0 aromatic heterocycles. The average Bonchev–Trinajstić information content (AvgIpc) is 2.20. The number of hydrogen-bond acceptors (Lipinski definition) is 6. The van der Waals surface area contributed by atoms with Gasteiger partial charge in [0.2, 0.25) is 0 Å². The van der Waals surface area contributed by atoms with Gasteiger partial charge in [0.1, 0.15) is 5.88 Å². The van der Waals surface area contributed by atoms with Crippen molar-refractivity contribution >= 4 is 29.9 Å². The first kappa shape index (κ1) is 22.2. The summed E-state index contributed by atoms with van der Waals surface area (Å²) in [5, 5.41) is 0. The second kappa shape index (κ2) is 5.62. The summed E-state index contributed by atoms with van der Waals surface area (Å²) in [5.74, 6) is -3.67. The van der Waals surface area contributed by atoms with Crippen molar-refractivity contribution in [2.24, 2.45) is 0 Å². The average molecular weight is 427 g/mol. The van der Waals surface area contributed by atoms with Gasteiger partial charge in [0.15, 0.2) is 0 Å². The van der Waals surface area contributed by atoms with Gasteiger partial charge in [-0.1, -0.05) is 3.71 Å². The number of nitrogens with zero attached hydrogens (tertiary/aromatic N) is 1. The second-order valence-corrected chi connectivity index (χ2v) is 9.25. The van der Waals surface area contributed by atoms with Gasteiger partial charge in [-0.05, 0) is 0 Å². The molecule has 0 bridgehead atoms. The number of alkyl halides is 9. The van der Waals surface area contributed by atoms with Gasteiger partial charge >= 0.3 is 36.6 Å². The first-order valence-corrected chi connectivity index (χ1v) is 8.82. The SMILES string of the molecule is O=S(=O)(CN(S(=O)(=O)C(F)(F)F)S(=O)(=O)C(F)(F)F)C(F)(F)F. The lowest BCUT2D eigenvalue weighted by Gasteiger charge is -2.23. The summed E-state index contributed by atoms with van der Waals surface area (Å²) < 4.78 is 170. The van der Waals surface area contributed by atoms with Crippen molar-refractivity contribution in [1.29, 1.82) is 0 Å². The van der Waals surface area contributed by atoms with E-state index in [9.17, 15) is 64.8 Å². The molecule has 0 saturated carbocycles. The Kier molecular flexibility index (Phi) is 5.42. The van der Waals surface area contributed by atoms with Crippen LogP contribution in [0, 0.1) is 0 Å². The molecule has 23 heavy (non-hydrogen) atoms. The highest BCUT2D eigenvalue weighted by Gasteiger charge is 2.64. The molecule has 7 nitrogen and oxygen atoms in total. The zero-order chi connectivity index (χ0) is 19.3. The first-order chi connectivity index (χ1) is 9.59. The summed E-state index contributed by atoms with van der Waals surface area (Å²) in [6, 6.07) is 0. The molecule has 0 aliphatic heterocycles. The molecule has 0 aliphatic rings. The van der Waals surface area contributed by atoms with E-state index >= 15 is 0 Å². The lowest BCUT2D eigenvalue weighted by molar-refractivity contribution is -0.0542. The summed E-state index contributed by atoms with van der Waals surface area (Å²) >= 11 is 0. The molecule has 0 aromatic carbocycles. The number of rotatable bonds is 4. The van der Waals surface area contributed by atoms with Gasteiger partial charge in [0.05, 0.1) is 0 Å². The van der Waals surface area contributed by atoms with Gasteiger partial charge in [-0.3, -0.25) is 0 Å². The normalized spacial score (nSPS) is 15.9. The summed E-state index contributed by atoms with van der Waals surface area (Å²) in [6.07, 6.45) is 0. The van der Waals surface area contributed by atoms with Crippen LogP contribution in [0.5, 0.6) is 0 Å². The van der Waals surface area contributed by atoms with Crippen molar-refractivity contribution in [2.75, 3.05) is 5.88 Å². The van der Waals surface area contributed by atoms with Crippen molar-refractivity contribution in [3.63, 3.8) is 0 Å². The summed E-state index contributed by atoms with van der Waals surface area (Å²) in [6.45, 7) is 0. The highest BCUT2D eigenvalue weighted by Crippen LogP contribution is 2.37. The number of hydrogen-bond donors (Lipinski definition) is 0. The molecule has 0 heterocycles. The van der Waals surface area contributed by atoms with Crippen LogP contribution in [0.25, 0.3) is 0 Å². The van der Waals surface area contributed by atoms with Gasteiger partial charge in [-0.15, -0.1) is 0 Å². The van der Waals surface area contributed by atoms with E-state index in [-0.39, 0.29) is 0 Å². The second-order valence-electron chi connectivity index (χ2n) is 3.36. The molecule has 0 amide bonds. The van der Waals surface area contributed by atoms with E-state index in [2.05, 4.69) is 0 Å². The fourth-order valence-corrected chi connectivity index (χ4v) is 5.08. The Morgan fingerprint density at radius 3 is 1.00 bits per heavy atom. The number of sulfonamides is 2. The standard InChI is InChI=1S/C4H2F9NO6S3/c5-2(6,7)21(15,16)1-14(22(17,18)3(8,9)10)23(19,20)4(11,12)13/h1H2. The summed E-state index contributed by atoms with van der Waals surface area (Å²) in [5.41, 5.74) is -20.2. The largest absolute Gasteiger partial charge is 0.512 e. The molecule has 0 spiro atoms. The maximum Gasteiger partial charge on any atom is 0.512 e. The third-order valence-corrected chi connectivity index (χ3v) is 7.06. The van der Waals surface area contributed by atoms with E-state index in [1.165, 1.54) is 0 Å². The van der Waals surface area contributed by atoms with Gasteiger partial charge in [-0.25, -0.2) is 25.3 Å². The monoisotopic (exact) mass is 427 g/mol. The quantitative estimate of drug-likeness (QED) is 0.617. The van der Waals surface area contributed by atoms with E-state index in [4.69, 9.17) is 0 Å². The van der Waals surface area contributed by atoms with Gasteiger partial charge in [-0.2, -0.15) is 39.5 Å². The molecule has 0 aromatic rings. The minimum absolute atomic E-state index is 2.82. The third kappa shape index (κ3) is 4.18. The molecule has 0 atom stereocenters. The lowest BCUT2D eigenvalue weighted by Crippen LogP contribution is -2.52. The molecule has 0 saturated heterocycles. The predicted molar refractivity (Wildman–Crippen MR) is 51.6 cm³/mol. The Morgan fingerprint density at radius 1 is 0.565 bits per heavy atom. The van der Waals surface area contributed by atoms with Gasteiger partial charge in [0, 0.05) is 0 Å². The van der Waals surface area contributed by atoms with Crippen LogP contribution in [0.4, 0.5) is 39.5 Å².